The molecule has 4 atom stereocenters. The van der Waals surface area contributed by atoms with Crippen molar-refractivity contribution in [3.05, 3.63) is 32.6 Å². The average molecular weight is 330 g/mol. The molecule has 0 radical (unpaired) electrons. The van der Waals surface area contributed by atoms with E-state index in [1.165, 1.54) is 14.2 Å². The molecule has 0 aliphatic carbocycles. The summed E-state index contributed by atoms with van der Waals surface area (Å²) >= 11 is 0. The van der Waals surface area contributed by atoms with Crippen molar-refractivity contribution in [2.75, 3.05) is 27.9 Å². The molecule has 10 nitrogen and oxygen atoms in total. The molecule has 0 aromatic carbocycles. The van der Waals surface area contributed by atoms with E-state index < -0.39 is 41.8 Å². The van der Waals surface area contributed by atoms with Crippen molar-refractivity contribution in [3.63, 3.8) is 0 Å². The molecule has 1 aliphatic rings. The van der Waals surface area contributed by atoms with Gasteiger partial charge in [0.05, 0.1) is 13.7 Å². The number of esters is 1. The SMILES string of the molecule is COC[C@H]1O[C@@H](n2cc(C(=O)OC)c(=O)[nH]c2=O)[C@H](OC)[C@@H]1O. The molecule has 0 amide bonds. The highest BCUT2D eigenvalue weighted by atomic mass is 16.6. The van der Waals surface area contributed by atoms with Gasteiger partial charge in [0.25, 0.3) is 5.56 Å². The molecule has 10 heteroatoms. The molecule has 23 heavy (non-hydrogen) atoms. The lowest BCUT2D eigenvalue weighted by Crippen LogP contribution is -2.40. The molecule has 0 bridgehead atoms. The average Bonchev–Trinajstić information content (AvgIpc) is 2.83. The number of carbonyl (C=O) groups excluding carboxylic acids is 1. The summed E-state index contributed by atoms with van der Waals surface area (Å²) in [7, 11) is 3.89. The van der Waals surface area contributed by atoms with Crippen LogP contribution in [0.15, 0.2) is 15.8 Å². The number of nitrogens with one attached hydrogen (secondary N) is 1. The second kappa shape index (κ2) is 7.04. The second-order valence-electron chi connectivity index (χ2n) is 4.91. The summed E-state index contributed by atoms with van der Waals surface area (Å²) in [5, 5.41) is 10.2. The molecule has 0 unspecified atom stereocenters. The Labute approximate surface area is 130 Å². The number of nitrogens with zero attached hydrogens (tertiary/aromatic N) is 1. The van der Waals surface area contributed by atoms with Gasteiger partial charge in [-0.1, -0.05) is 0 Å². The monoisotopic (exact) mass is 330 g/mol. The predicted molar refractivity (Wildman–Crippen MR) is 75.3 cm³/mol. The van der Waals surface area contributed by atoms with Gasteiger partial charge in [-0.2, -0.15) is 0 Å². The van der Waals surface area contributed by atoms with Gasteiger partial charge in [0, 0.05) is 20.4 Å². The van der Waals surface area contributed by atoms with Crippen molar-refractivity contribution < 1.29 is 28.8 Å². The lowest BCUT2D eigenvalue weighted by Gasteiger charge is -2.20. The maximum atomic E-state index is 12.0. The minimum atomic E-state index is -1.05. The zero-order valence-electron chi connectivity index (χ0n) is 12.8. The number of aliphatic hydroxyl groups is 1. The van der Waals surface area contributed by atoms with E-state index in [-0.39, 0.29) is 12.2 Å². The molecule has 0 saturated carbocycles. The number of aliphatic hydroxyl groups excluding tert-OH is 1. The highest BCUT2D eigenvalue weighted by Crippen LogP contribution is 2.30. The van der Waals surface area contributed by atoms with E-state index in [0.717, 1.165) is 17.9 Å². The van der Waals surface area contributed by atoms with E-state index >= 15 is 0 Å². The van der Waals surface area contributed by atoms with E-state index in [1.807, 2.05) is 4.98 Å². The van der Waals surface area contributed by atoms with Gasteiger partial charge in [-0.15, -0.1) is 0 Å². The Kier molecular flexibility index (Phi) is 5.31. The molecule has 1 aliphatic heterocycles. The summed E-state index contributed by atoms with van der Waals surface area (Å²) in [6.07, 6.45) is -2.68. The predicted octanol–water partition coefficient (Wildman–Crippen LogP) is -1.76. The van der Waals surface area contributed by atoms with Gasteiger partial charge in [0.15, 0.2) is 6.23 Å². The minimum Gasteiger partial charge on any atom is -0.465 e. The quantitative estimate of drug-likeness (QED) is 0.608. The zero-order valence-corrected chi connectivity index (χ0v) is 12.8. The van der Waals surface area contributed by atoms with E-state index in [2.05, 4.69) is 4.74 Å². The van der Waals surface area contributed by atoms with Crippen LogP contribution in [0.3, 0.4) is 0 Å². The Hall–Kier alpha value is -2.01. The van der Waals surface area contributed by atoms with Crippen molar-refractivity contribution in [1.82, 2.24) is 9.55 Å². The van der Waals surface area contributed by atoms with Crippen molar-refractivity contribution in [1.29, 1.82) is 0 Å². The first-order valence-electron chi connectivity index (χ1n) is 6.73. The zero-order chi connectivity index (χ0) is 17.1. The Morgan fingerprint density at radius 1 is 1.39 bits per heavy atom. The van der Waals surface area contributed by atoms with E-state index in [1.54, 1.807) is 0 Å². The van der Waals surface area contributed by atoms with Crippen LogP contribution in [-0.4, -0.2) is 66.9 Å². The number of hydrogen-bond acceptors (Lipinski definition) is 8. The Morgan fingerprint density at radius 2 is 2.09 bits per heavy atom. The summed E-state index contributed by atoms with van der Waals surface area (Å²) in [4.78, 5) is 37.3. The third-order valence-electron chi connectivity index (χ3n) is 3.56. The molecular weight excluding hydrogens is 312 g/mol. The summed E-state index contributed by atoms with van der Waals surface area (Å²) in [6.45, 7) is 0.0828. The number of carbonyl (C=O) groups is 1. The van der Waals surface area contributed by atoms with Crippen LogP contribution in [0.4, 0.5) is 0 Å². The topological polar surface area (TPSA) is 129 Å². The fourth-order valence-corrected chi connectivity index (χ4v) is 2.43. The number of methoxy groups -OCH3 is 3. The minimum absolute atomic E-state index is 0.0828. The van der Waals surface area contributed by atoms with Gasteiger partial charge in [0.1, 0.15) is 23.9 Å². The lowest BCUT2D eigenvalue weighted by molar-refractivity contribution is -0.0670. The van der Waals surface area contributed by atoms with E-state index in [9.17, 15) is 19.5 Å². The third kappa shape index (κ3) is 3.20. The maximum Gasteiger partial charge on any atom is 0.345 e. The van der Waals surface area contributed by atoms with Crippen LogP contribution >= 0.6 is 0 Å². The van der Waals surface area contributed by atoms with Crippen LogP contribution in [0.1, 0.15) is 16.6 Å². The maximum absolute atomic E-state index is 12.0. The molecule has 2 heterocycles. The molecule has 1 saturated heterocycles. The highest BCUT2D eigenvalue weighted by Gasteiger charge is 2.45. The smallest absolute Gasteiger partial charge is 0.345 e. The van der Waals surface area contributed by atoms with Crippen LogP contribution < -0.4 is 11.2 Å². The standard InChI is InChI=1S/C13H18N2O8/c1-20-5-7-8(16)9(21-2)11(23-7)15-4-6(12(18)22-3)10(17)14-13(15)19/h4,7-9,11,16H,5H2,1-3H3,(H,14,17,19)/t7-,8-,9-,11-/m1/s1. The van der Waals surface area contributed by atoms with Gasteiger partial charge >= 0.3 is 11.7 Å². The second-order valence-corrected chi connectivity index (χ2v) is 4.91. The molecule has 1 aromatic heterocycles. The Morgan fingerprint density at radius 3 is 2.65 bits per heavy atom. The van der Waals surface area contributed by atoms with Crippen LogP contribution in [-0.2, 0) is 18.9 Å². The molecule has 2 N–H and O–H groups in total. The Bertz CT molecular complexity index is 681. The fourth-order valence-electron chi connectivity index (χ4n) is 2.43. The third-order valence-corrected chi connectivity index (χ3v) is 3.56. The Balaban J connectivity index is 2.46. The number of aromatic nitrogens is 2. The molecule has 0 spiro atoms. The molecule has 2 rings (SSSR count). The first kappa shape index (κ1) is 17.3. The first-order valence-corrected chi connectivity index (χ1v) is 6.73. The van der Waals surface area contributed by atoms with Crippen molar-refractivity contribution in [2.45, 2.75) is 24.5 Å². The van der Waals surface area contributed by atoms with E-state index in [4.69, 9.17) is 14.2 Å². The number of ether oxygens (including phenoxy) is 4. The van der Waals surface area contributed by atoms with Gasteiger partial charge in [0.2, 0.25) is 0 Å². The fraction of sp³-hybridized carbons (Fsp3) is 0.615. The van der Waals surface area contributed by atoms with E-state index in [0.29, 0.717) is 0 Å². The van der Waals surface area contributed by atoms with Crippen LogP contribution in [0.2, 0.25) is 0 Å². The van der Waals surface area contributed by atoms with Crippen molar-refractivity contribution >= 4 is 5.97 Å². The normalized spacial score (nSPS) is 27.1. The number of H-pyrrole nitrogens is 1. The van der Waals surface area contributed by atoms with Crippen LogP contribution in [0, 0.1) is 0 Å². The molecule has 1 fully saturated rings. The highest BCUT2D eigenvalue weighted by molar-refractivity contribution is 5.88. The van der Waals surface area contributed by atoms with Gasteiger partial charge in [-0.25, -0.2) is 9.59 Å². The number of aromatic amines is 1. The van der Waals surface area contributed by atoms with Crippen LogP contribution in [0.5, 0.6) is 0 Å². The summed E-state index contributed by atoms with van der Waals surface area (Å²) in [6, 6.07) is 0. The van der Waals surface area contributed by atoms with Gasteiger partial charge in [-0.3, -0.25) is 14.3 Å². The van der Waals surface area contributed by atoms with Gasteiger partial charge < -0.3 is 24.1 Å². The lowest BCUT2D eigenvalue weighted by atomic mass is 10.1. The first-order chi connectivity index (χ1) is 10.9. The molecule has 128 valence electrons. The summed E-state index contributed by atoms with van der Waals surface area (Å²) in [5.41, 5.74) is -2.05. The molecule has 1 aromatic rings. The summed E-state index contributed by atoms with van der Waals surface area (Å²) in [5.74, 6) is -0.902. The van der Waals surface area contributed by atoms with Crippen molar-refractivity contribution in [3.8, 4) is 0 Å². The number of rotatable bonds is 5. The van der Waals surface area contributed by atoms with Crippen molar-refractivity contribution in [2.24, 2.45) is 0 Å². The van der Waals surface area contributed by atoms with Gasteiger partial charge in [-0.05, 0) is 0 Å². The summed E-state index contributed by atoms with van der Waals surface area (Å²) < 4.78 is 21.2. The number of hydrogen-bond donors (Lipinski definition) is 2. The molecular formula is C13H18N2O8. The largest absolute Gasteiger partial charge is 0.465 e. The van der Waals surface area contributed by atoms with Crippen LogP contribution in [0.25, 0.3) is 0 Å².